The summed E-state index contributed by atoms with van der Waals surface area (Å²) in [4.78, 5) is 0. The first-order valence-electron chi connectivity index (χ1n) is 15.2. The zero-order valence-electron chi connectivity index (χ0n) is 25.8. The molecule has 0 saturated heterocycles. The van der Waals surface area contributed by atoms with Gasteiger partial charge in [-0.05, 0) is 89.8 Å². The van der Waals surface area contributed by atoms with Crippen molar-refractivity contribution in [2.75, 3.05) is 0 Å². The Morgan fingerprint density at radius 2 is 0.737 bits per heavy atom. The Morgan fingerprint density at radius 1 is 0.421 bits per heavy atom. The van der Waals surface area contributed by atoms with Crippen molar-refractivity contribution < 1.29 is 13.3 Å². The van der Waals surface area contributed by atoms with Crippen molar-refractivity contribution in [1.82, 2.24) is 0 Å². The number of rotatable bonds is 17. The minimum atomic E-state index is -1.79. The van der Waals surface area contributed by atoms with Crippen LogP contribution in [0.5, 0.6) is 17.2 Å². The van der Waals surface area contributed by atoms with Crippen molar-refractivity contribution in [3.63, 3.8) is 0 Å². The van der Waals surface area contributed by atoms with Gasteiger partial charge in [0.15, 0.2) is 0 Å². The van der Waals surface area contributed by atoms with E-state index in [1.807, 2.05) is 0 Å². The molecule has 0 fully saturated rings. The van der Waals surface area contributed by atoms with Gasteiger partial charge in [-0.25, -0.2) is 0 Å². The summed E-state index contributed by atoms with van der Waals surface area (Å²) < 4.78 is 20.2. The van der Waals surface area contributed by atoms with E-state index in [1.54, 1.807) is 0 Å². The van der Waals surface area contributed by atoms with E-state index in [2.05, 4.69) is 117 Å². The molecule has 0 spiro atoms. The van der Waals surface area contributed by atoms with Crippen molar-refractivity contribution in [2.24, 2.45) is 0 Å². The van der Waals surface area contributed by atoms with E-state index in [1.165, 1.54) is 5.56 Å². The molecule has 2 aromatic rings. The Labute approximate surface area is 237 Å². The van der Waals surface area contributed by atoms with Crippen molar-refractivity contribution in [3.8, 4) is 17.2 Å². The highest BCUT2D eigenvalue weighted by Gasteiger charge is 2.33. The largest absolute Gasteiger partial charge is 0.544 e. The topological polar surface area (TPSA) is 27.7 Å². The van der Waals surface area contributed by atoms with Crippen LogP contribution in [0.1, 0.15) is 73.4 Å². The Kier molecular flexibility index (Phi) is 12.9. The number of hydrogen-bond acceptors (Lipinski definition) is 3. The van der Waals surface area contributed by atoms with Gasteiger partial charge in [-0.2, -0.15) is 0 Å². The maximum absolute atomic E-state index is 6.82. The van der Waals surface area contributed by atoms with Gasteiger partial charge < -0.3 is 13.3 Å². The van der Waals surface area contributed by atoms with Gasteiger partial charge in [0.2, 0.25) is 25.0 Å². The molecule has 0 heterocycles. The molecule has 0 N–H and O–H groups in total. The first-order chi connectivity index (χ1) is 18.2. The van der Waals surface area contributed by atoms with E-state index in [-0.39, 0.29) is 0 Å². The van der Waals surface area contributed by atoms with Crippen LogP contribution in [0.2, 0.25) is 54.4 Å². The van der Waals surface area contributed by atoms with E-state index >= 15 is 0 Å². The van der Waals surface area contributed by atoms with Crippen LogP contribution in [0.3, 0.4) is 0 Å². The Bertz CT molecular complexity index is 926. The van der Waals surface area contributed by atoms with E-state index in [0.29, 0.717) is 0 Å². The minimum Gasteiger partial charge on any atom is -0.544 e. The standard InChI is InChI=1S/C32H54O3Si3/c1-10-36(11-2,12-3)33-30-23-21-28(22-24-30)19-20-29-25-31(34-37(13-4,14-5)15-6)27-32(26-29)35-38(16-7,17-8)18-9/h19-27H,10-18H2,1-9H3/b20-19+. The van der Waals surface area contributed by atoms with Crippen molar-refractivity contribution in [3.05, 3.63) is 53.6 Å². The zero-order chi connectivity index (χ0) is 28.2. The maximum atomic E-state index is 6.82. The summed E-state index contributed by atoms with van der Waals surface area (Å²) in [6.07, 6.45) is 4.38. The van der Waals surface area contributed by atoms with Gasteiger partial charge in [-0.15, -0.1) is 0 Å². The van der Waals surface area contributed by atoms with Gasteiger partial charge in [-0.3, -0.25) is 0 Å². The van der Waals surface area contributed by atoms with Crippen LogP contribution in [-0.4, -0.2) is 25.0 Å². The van der Waals surface area contributed by atoms with E-state index in [9.17, 15) is 0 Å². The normalized spacial score (nSPS) is 12.7. The molecule has 0 amide bonds. The summed E-state index contributed by atoms with van der Waals surface area (Å²) >= 11 is 0. The molecule has 0 aromatic heterocycles. The lowest BCUT2D eigenvalue weighted by atomic mass is 10.1. The number of benzene rings is 2. The third kappa shape index (κ3) is 8.36. The smallest absolute Gasteiger partial charge is 0.250 e. The highest BCUT2D eigenvalue weighted by molar-refractivity contribution is 6.75. The van der Waals surface area contributed by atoms with Crippen LogP contribution in [0.4, 0.5) is 0 Å². The van der Waals surface area contributed by atoms with Gasteiger partial charge in [0.1, 0.15) is 17.2 Å². The lowest BCUT2D eigenvalue weighted by Crippen LogP contribution is -2.40. The lowest BCUT2D eigenvalue weighted by molar-refractivity contribution is 0.509. The SMILES string of the molecule is CC[Si](CC)(CC)Oc1ccc(/C=C/c2cc(O[Si](CC)(CC)CC)cc(O[Si](CC)(CC)CC)c2)cc1. The van der Waals surface area contributed by atoms with Crippen LogP contribution in [0, 0.1) is 0 Å². The van der Waals surface area contributed by atoms with Crippen LogP contribution in [0.25, 0.3) is 12.2 Å². The molecule has 6 heteroatoms. The minimum absolute atomic E-state index is 0.967. The molecule has 38 heavy (non-hydrogen) atoms. The van der Waals surface area contributed by atoms with E-state index < -0.39 is 25.0 Å². The fraction of sp³-hybridized carbons (Fsp3) is 0.562. The van der Waals surface area contributed by atoms with Crippen LogP contribution in [-0.2, 0) is 0 Å². The summed E-state index contributed by atoms with van der Waals surface area (Å²) in [6, 6.07) is 25.3. The third-order valence-electron chi connectivity index (χ3n) is 9.05. The molecule has 0 bridgehead atoms. The van der Waals surface area contributed by atoms with Crippen LogP contribution >= 0.6 is 0 Å². The second-order valence-electron chi connectivity index (χ2n) is 10.7. The second kappa shape index (κ2) is 15.1. The van der Waals surface area contributed by atoms with E-state index in [0.717, 1.165) is 77.2 Å². The van der Waals surface area contributed by atoms with Gasteiger partial charge in [-0.1, -0.05) is 86.6 Å². The van der Waals surface area contributed by atoms with Crippen molar-refractivity contribution in [1.29, 1.82) is 0 Å². The molecule has 212 valence electrons. The monoisotopic (exact) mass is 570 g/mol. The predicted molar refractivity (Wildman–Crippen MR) is 175 cm³/mol. The fourth-order valence-corrected chi connectivity index (χ4v) is 13.0. The van der Waals surface area contributed by atoms with Crippen LogP contribution in [0.15, 0.2) is 42.5 Å². The summed E-state index contributed by atoms with van der Waals surface area (Å²) in [5, 5.41) is 0. The Morgan fingerprint density at radius 3 is 1.08 bits per heavy atom. The second-order valence-corrected chi connectivity index (χ2v) is 24.8. The predicted octanol–water partition coefficient (Wildman–Crippen LogP) is 11.0. The highest BCUT2D eigenvalue weighted by Crippen LogP contribution is 2.33. The van der Waals surface area contributed by atoms with E-state index in [4.69, 9.17) is 13.3 Å². The molecule has 2 aromatic carbocycles. The van der Waals surface area contributed by atoms with Gasteiger partial charge in [0.05, 0.1) is 0 Å². The first-order valence-corrected chi connectivity index (χ1v) is 22.8. The van der Waals surface area contributed by atoms with Crippen LogP contribution < -0.4 is 13.3 Å². The number of hydrogen-bond donors (Lipinski definition) is 0. The molecule has 0 saturated carbocycles. The van der Waals surface area contributed by atoms with Gasteiger partial charge >= 0.3 is 0 Å². The summed E-state index contributed by atoms with van der Waals surface area (Å²) in [6.45, 7) is 20.5. The average Bonchev–Trinajstić information content (AvgIpc) is 2.97. The molecule has 3 nitrogen and oxygen atoms in total. The molecule has 0 aliphatic carbocycles. The maximum Gasteiger partial charge on any atom is 0.250 e. The molecular formula is C32H54O3Si3. The fourth-order valence-electron chi connectivity index (χ4n) is 5.30. The molecular weight excluding hydrogens is 517 g/mol. The van der Waals surface area contributed by atoms with Crippen molar-refractivity contribution >= 4 is 37.1 Å². The molecule has 0 atom stereocenters. The molecule has 0 aliphatic heterocycles. The quantitative estimate of drug-likeness (QED) is 0.140. The summed E-state index contributed by atoms with van der Waals surface area (Å²) in [7, 11) is -5.24. The summed E-state index contributed by atoms with van der Waals surface area (Å²) in [5.41, 5.74) is 2.30. The Hall–Kier alpha value is -1.77. The summed E-state index contributed by atoms with van der Waals surface area (Å²) in [5.74, 6) is 2.94. The Balaban J connectivity index is 2.38. The lowest BCUT2D eigenvalue weighted by Gasteiger charge is -2.31. The van der Waals surface area contributed by atoms with Gasteiger partial charge in [0, 0.05) is 6.07 Å². The third-order valence-corrected chi connectivity index (χ3v) is 22.7. The van der Waals surface area contributed by atoms with Crippen molar-refractivity contribution in [2.45, 2.75) is 117 Å². The molecule has 0 unspecified atom stereocenters. The zero-order valence-corrected chi connectivity index (χ0v) is 28.8. The average molecular weight is 571 g/mol. The molecule has 0 radical (unpaired) electrons. The highest BCUT2D eigenvalue weighted by atomic mass is 28.4. The molecule has 2 rings (SSSR count). The van der Waals surface area contributed by atoms with Gasteiger partial charge in [0.25, 0.3) is 0 Å². The molecule has 0 aliphatic rings. The first kappa shape index (κ1) is 32.4.